The minimum absolute atomic E-state index is 0.0732. The molecule has 0 aliphatic carbocycles. The summed E-state index contributed by atoms with van der Waals surface area (Å²) in [5.41, 5.74) is 6.61. The van der Waals surface area contributed by atoms with Crippen molar-refractivity contribution in [2.75, 3.05) is 38.7 Å². The van der Waals surface area contributed by atoms with Gasteiger partial charge in [-0.2, -0.15) is 0 Å². The highest BCUT2D eigenvalue weighted by Gasteiger charge is 2.29. The number of carbonyl (C=O) groups excluding carboxylic acids is 5. The van der Waals surface area contributed by atoms with Crippen LogP contribution in [0.3, 0.4) is 0 Å². The fourth-order valence-electron chi connectivity index (χ4n) is 4.24. The molecule has 0 aliphatic heterocycles. The fraction of sp³-hybridized carbons (Fsp3) is 0.686. The molecule has 0 spiro atoms. The summed E-state index contributed by atoms with van der Waals surface area (Å²) < 4.78 is 11.0. The minimum atomic E-state index is -0.963. The molecule has 13 nitrogen and oxygen atoms in total. The lowest BCUT2D eigenvalue weighted by atomic mass is 9.92. The van der Waals surface area contributed by atoms with Gasteiger partial charge in [0.25, 0.3) is 0 Å². The molecule has 0 saturated carbocycles. The van der Waals surface area contributed by atoms with Crippen LogP contribution in [0.25, 0.3) is 0 Å². The quantitative estimate of drug-likeness (QED) is 0.133. The molecule has 272 valence electrons. The molecule has 0 radical (unpaired) electrons. The number of primary amides is 1. The summed E-state index contributed by atoms with van der Waals surface area (Å²) in [5.74, 6) is -1.55. The van der Waals surface area contributed by atoms with Crippen molar-refractivity contribution in [3.63, 3.8) is 0 Å². The predicted octanol–water partition coefficient (Wildman–Crippen LogP) is 4.55. The molecule has 13 heteroatoms. The number of nitrogens with two attached hydrogens (primary N) is 1. The second-order valence-electron chi connectivity index (χ2n) is 14.9. The lowest BCUT2D eigenvalue weighted by Gasteiger charge is -2.25. The van der Waals surface area contributed by atoms with Crippen LogP contribution in [0.5, 0.6) is 0 Å². The zero-order chi connectivity index (χ0) is 36.5. The number of urea groups is 1. The largest absolute Gasteiger partial charge is 0.445 e. The van der Waals surface area contributed by atoms with Gasteiger partial charge in [-0.3, -0.25) is 14.4 Å². The van der Waals surface area contributed by atoms with Crippen molar-refractivity contribution in [1.29, 1.82) is 0 Å². The Morgan fingerprint density at radius 3 is 2.06 bits per heavy atom. The molecule has 0 saturated heterocycles. The maximum Gasteiger partial charge on any atom is 0.409 e. The molecular formula is C35H60N6O7. The number of nitrogens with one attached hydrogen (secondary N) is 4. The van der Waals surface area contributed by atoms with Crippen molar-refractivity contribution in [3.8, 4) is 0 Å². The summed E-state index contributed by atoms with van der Waals surface area (Å²) in [6.07, 6.45) is 1.96. The number of ether oxygens (including phenoxy) is 2. The summed E-state index contributed by atoms with van der Waals surface area (Å²) in [4.78, 5) is 64.4. The Labute approximate surface area is 286 Å². The lowest BCUT2D eigenvalue weighted by Crippen LogP contribution is -2.54. The van der Waals surface area contributed by atoms with Crippen LogP contribution < -0.4 is 27.0 Å². The van der Waals surface area contributed by atoms with Gasteiger partial charge >= 0.3 is 12.1 Å². The number of rotatable bonds is 19. The van der Waals surface area contributed by atoms with Gasteiger partial charge in [-0.1, -0.05) is 67.5 Å². The van der Waals surface area contributed by atoms with Crippen LogP contribution in [0.2, 0.25) is 0 Å². The highest BCUT2D eigenvalue weighted by atomic mass is 16.6. The van der Waals surface area contributed by atoms with Crippen molar-refractivity contribution >= 4 is 35.5 Å². The van der Waals surface area contributed by atoms with Gasteiger partial charge in [-0.05, 0) is 60.1 Å². The Morgan fingerprint density at radius 2 is 1.50 bits per heavy atom. The number of amides is 6. The van der Waals surface area contributed by atoms with Crippen molar-refractivity contribution < 1.29 is 33.4 Å². The first-order chi connectivity index (χ1) is 22.3. The van der Waals surface area contributed by atoms with Crippen LogP contribution in [0.1, 0.15) is 93.1 Å². The van der Waals surface area contributed by atoms with Crippen LogP contribution in [-0.2, 0) is 30.5 Å². The molecule has 0 heterocycles. The average molecular weight is 677 g/mol. The highest BCUT2D eigenvalue weighted by molar-refractivity contribution is 5.98. The highest BCUT2D eigenvalue weighted by Crippen LogP contribution is 2.19. The molecule has 6 N–H and O–H groups in total. The SMILES string of the molecule is CC(C)[C@H](NC(=O)CCOCCC(C)(C)C)C(=O)N[C@@H](CCCNC(N)=O)C(=O)Nc1ccc(COC(=O)N(C)CCC(C)(C)C)cc1. The molecule has 2 atom stereocenters. The lowest BCUT2D eigenvalue weighted by molar-refractivity contribution is -0.132. The molecule has 0 bridgehead atoms. The molecule has 6 amide bonds. The molecule has 1 aromatic rings. The summed E-state index contributed by atoms with van der Waals surface area (Å²) in [6, 6.07) is 4.31. The van der Waals surface area contributed by atoms with Crippen molar-refractivity contribution in [1.82, 2.24) is 20.9 Å². The second-order valence-corrected chi connectivity index (χ2v) is 14.9. The first kappa shape index (κ1) is 42.2. The summed E-state index contributed by atoms with van der Waals surface area (Å²) >= 11 is 0. The number of carbonyl (C=O) groups is 5. The van der Waals surface area contributed by atoms with Crippen LogP contribution in [0, 0.1) is 16.7 Å². The third kappa shape index (κ3) is 19.1. The van der Waals surface area contributed by atoms with Crippen molar-refractivity contribution in [2.24, 2.45) is 22.5 Å². The van der Waals surface area contributed by atoms with Gasteiger partial charge in [0.2, 0.25) is 17.7 Å². The molecule has 0 unspecified atom stereocenters. The van der Waals surface area contributed by atoms with E-state index in [1.807, 2.05) is 0 Å². The third-order valence-corrected chi connectivity index (χ3v) is 7.43. The van der Waals surface area contributed by atoms with Gasteiger partial charge in [0.05, 0.1) is 6.61 Å². The molecule has 0 aromatic heterocycles. The number of benzene rings is 1. The van der Waals surface area contributed by atoms with E-state index in [1.165, 1.54) is 0 Å². The Hall–Kier alpha value is -3.87. The summed E-state index contributed by atoms with van der Waals surface area (Å²) in [5, 5.41) is 10.8. The number of anilines is 1. The first-order valence-corrected chi connectivity index (χ1v) is 16.8. The smallest absolute Gasteiger partial charge is 0.409 e. The monoisotopic (exact) mass is 676 g/mol. The van der Waals surface area contributed by atoms with Crippen LogP contribution >= 0.6 is 0 Å². The topological polar surface area (TPSA) is 181 Å². The Balaban J connectivity index is 2.82. The van der Waals surface area contributed by atoms with Gasteiger partial charge in [0.15, 0.2) is 0 Å². The van der Waals surface area contributed by atoms with E-state index < -0.39 is 36.0 Å². The van der Waals surface area contributed by atoms with Gasteiger partial charge in [-0.25, -0.2) is 9.59 Å². The maximum atomic E-state index is 13.4. The average Bonchev–Trinajstić information content (AvgIpc) is 2.98. The number of hydrogen-bond donors (Lipinski definition) is 5. The second kappa shape index (κ2) is 20.5. The zero-order valence-electron chi connectivity index (χ0n) is 30.5. The van der Waals surface area contributed by atoms with E-state index in [1.54, 1.807) is 50.1 Å². The Kier molecular flexibility index (Phi) is 18.0. The Bertz CT molecular complexity index is 1180. The van der Waals surface area contributed by atoms with E-state index in [-0.39, 0.29) is 55.3 Å². The molecule has 1 aromatic carbocycles. The van der Waals surface area contributed by atoms with Crippen molar-refractivity contribution in [3.05, 3.63) is 29.8 Å². The first-order valence-electron chi connectivity index (χ1n) is 16.8. The van der Waals surface area contributed by atoms with E-state index >= 15 is 0 Å². The van der Waals surface area contributed by atoms with Gasteiger partial charge in [0.1, 0.15) is 18.7 Å². The minimum Gasteiger partial charge on any atom is -0.445 e. The van der Waals surface area contributed by atoms with E-state index in [2.05, 4.69) is 62.8 Å². The van der Waals surface area contributed by atoms with Crippen LogP contribution in [0.4, 0.5) is 15.3 Å². The Morgan fingerprint density at radius 1 is 0.875 bits per heavy atom. The molecule has 1 rings (SSSR count). The third-order valence-electron chi connectivity index (χ3n) is 7.43. The maximum absolute atomic E-state index is 13.4. The summed E-state index contributed by atoms with van der Waals surface area (Å²) in [6.45, 7) is 17.9. The molecule has 48 heavy (non-hydrogen) atoms. The van der Waals surface area contributed by atoms with Crippen molar-refractivity contribution in [2.45, 2.75) is 106 Å². The number of nitrogens with zero attached hydrogens (tertiary/aromatic N) is 1. The van der Waals surface area contributed by atoms with Gasteiger partial charge in [0, 0.05) is 38.9 Å². The standard InChI is InChI=1S/C35H60N6O7/c1-24(2)29(40-28(42)16-21-47-22-18-35(6,7)8)31(44)39-27(11-10-19-37-32(36)45)30(43)38-26-14-12-25(13-15-26)23-48-33(46)41(9)20-17-34(3,4)5/h12-15,24,27,29H,10-11,16-23H2,1-9H3,(H,38,43)(H,39,44)(H,40,42)(H3,36,37,45)/t27-,29-/m0/s1. The van der Waals surface area contributed by atoms with E-state index in [4.69, 9.17) is 15.2 Å². The number of hydrogen-bond acceptors (Lipinski definition) is 7. The predicted molar refractivity (Wildman–Crippen MR) is 187 cm³/mol. The van der Waals surface area contributed by atoms with E-state index in [0.717, 1.165) is 18.4 Å². The zero-order valence-corrected chi connectivity index (χ0v) is 30.5. The van der Waals surface area contributed by atoms with Crippen LogP contribution in [0.15, 0.2) is 24.3 Å². The van der Waals surface area contributed by atoms with Gasteiger partial charge < -0.3 is 41.4 Å². The summed E-state index contributed by atoms with van der Waals surface area (Å²) in [7, 11) is 1.70. The van der Waals surface area contributed by atoms with E-state index in [0.29, 0.717) is 25.3 Å². The molecular weight excluding hydrogens is 616 g/mol. The normalized spacial score (nSPS) is 12.9. The van der Waals surface area contributed by atoms with Crippen LogP contribution in [-0.4, -0.2) is 80.2 Å². The molecule has 0 aliphatic rings. The van der Waals surface area contributed by atoms with E-state index in [9.17, 15) is 24.0 Å². The van der Waals surface area contributed by atoms with Gasteiger partial charge in [-0.15, -0.1) is 0 Å². The molecule has 0 fully saturated rings. The fourth-order valence-corrected chi connectivity index (χ4v) is 4.24.